The van der Waals surface area contributed by atoms with Crippen molar-refractivity contribution in [3.63, 3.8) is 0 Å². The lowest BCUT2D eigenvalue weighted by atomic mass is 9.70. The summed E-state index contributed by atoms with van der Waals surface area (Å²) in [6.07, 6.45) is -2.70. The van der Waals surface area contributed by atoms with Crippen LogP contribution in [0.15, 0.2) is 54.3 Å². The molecule has 17 heteroatoms. The number of aryl methyl sites for hydroxylation is 1. The van der Waals surface area contributed by atoms with E-state index >= 15 is 0 Å². The van der Waals surface area contributed by atoms with Gasteiger partial charge < -0.3 is 15.1 Å². The molecule has 2 aliphatic heterocycles. The molecule has 0 saturated carbocycles. The van der Waals surface area contributed by atoms with Crippen LogP contribution >= 0.6 is 11.3 Å². The first-order valence-corrected chi connectivity index (χ1v) is 13.9. The van der Waals surface area contributed by atoms with Gasteiger partial charge in [-0.05, 0) is 42.0 Å². The van der Waals surface area contributed by atoms with Gasteiger partial charge in [-0.1, -0.05) is 12.1 Å². The van der Waals surface area contributed by atoms with Gasteiger partial charge in [0.2, 0.25) is 5.91 Å². The maximum Gasteiger partial charge on any atom is 0.490 e. The molecule has 1 spiro atoms. The molecular formula is C27H29F6N5O5S. The van der Waals surface area contributed by atoms with Crippen molar-refractivity contribution in [1.29, 1.82) is 0 Å². The zero-order valence-corrected chi connectivity index (χ0v) is 24.1. The molecule has 240 valence electrons. The number of amides is 1. The molecule has 5 rings (SSSR count). The highest BCUT2D eigenvalue weighted by Gasteiger charge is 2.55. The number of thiophene rings is 1. The molecule has 2 fully saturated rings. The van der Waals surface area contributed by atoms with Crippen LogP contribution in [0.1, 0.15) is 34.9 Å². The first kappa shape index (κ1) is 34.5. The van der Waals surface area contributed by atoms with Gasteiger partial charge in [0.05, 0.1) is 5.41 Å². The molecule has 2 saturated heterocycles. The lowest BCUT2D eigenvalue weighted by molar-refractivity contribution is -0.193. The number of aliphatic carboxylic acids is 2. The van der Waals surface area contributed by atoms with E-state index in [9.17, 15) is 31.1 Å². The average Bonchev–Trinajstić information content (AvgIpc) is 3.68. The Labute approximate surface area is 251 Å². The number of aromatic nitrogens is 3. The van der Waals surface area contributed by atoms with E-state index in [-0.39, 0.29) is 17.2 Å². The lowest BCUT2D eigenvalue weighted by Gasteiger charge is -2.42. The molecule has 2 aliphatic rings. The Balaban J connectivity index is 0.000000317. The van der Waals surface area contributed by atoms with Gasteiger partial charge in [0.15, 0.2) is 0 Å². The van der Waals surface area contributed by atoms with Crippen LogP contribution in [-0.2, 0) is 34.5 Å². The van der Waals surface area contributed by atoms with Crippen molar-refractivity contribution < 1.29 is 50.9 Å². The standard InChI is InChI=1S/C23H27N5OS.2C2HF3O2/c1-26-21(7-10-25-26)20-16-27(15-19-6-3-12-30-19)17-23(20)8-4-11-28(22(23)29)14-18-5-2-9-24-13-18;2*3-2(4,5)1(6)7/h2-3,5-7,9-10,12-13,20H,4,8,11,14-17H2,1H3;2*(H,6,7)/t20-,23+;;/m0../s1. The molecular weight excluding hydrogens is 620 g/mol. The van der Waals surface area contributed by atoms with Crippen molar-refractivity contribution in [2.24, 2.45) is 12.5 Å². The van der Waals surface area contributed by atoms with E-state index in [1.807, 2.05) is 30.2 Å². The number of hydrogen-bond donors (Lipinski definition) is 2. The molecule has 0 unspecified atom stereocenters. The van der Waals surface area contributed by atoms with E-state index in [0.717, 1.165) is 44.6 Å². The largest absolute Gasteiger partial charge is 0.490 e. The first-order chi connectivity index (χ1) is 20.5. The van der Waals surface area contributed by atoms with Crippen LogP contribution in [0.3, 0.4) is 0 Å². The van der Waals surface area contributed by atoms with Crippen LogP contribution in [0.25, 0.3) is 0 Å². The summed E-state index contributed by atoms with van der Waals surface area (Å²) in [6.45, 7) is 4.06. The fourth-order valence-electron chi connectivity index (χ4n) is 5.29. The second-order valence-electron chi connectivity index (χ2n) is 10.1. The second-order valence-corrected chi connectivity index (χ2v) is 11.2. The zero-order chi connectivity index (χ0) is 32.7. The molecule has 0 radical (unpaired) electrons. The molecule has 10 nitrogen and oxygen atoms in total. The van der Waals surface area contributed by atoms with E-state index in [2.05, 4.69) is 49.5 Å². The Morgan fingerprint density at radius 2 is 1.68 bits per heavy atom. The summed E-state index contributed by atoms with van der Waals surface area (Å²) in [5.74, 6) is -5.06. The summed E-state index contributed by atoms with van der Waals surface area (Å²) in [6, 6.07) is 10.4. The number of carboxylic acids is 2. The van der Waals surface area contributed by atoms with E-state index in [1.165, 1.54) is 10.6 Å². The van der Waals surface area contributed by atoms with Gasteiger partial charge in [-0.25, -0.2) is 9.59 Å². The molecule has 0 bridgehead atoms. The maximum atomic E-state index is 14.0. The van der Waals surface area contributed by atoms with Gasteiger partial charge in [0.1, 0.15) is 0 Å². The number of likely N-dealkylation sites (tertiary alicyclic amines) is 2. The summed E-state index contributed by atoms with van der Waals surface area (Å²) in [5, 5.41) is 20.8. The van der Waals surface area contributed by atoms with Crippen molar-refractivity contribution in [2.45, 2.75) is 44.2 Å². The van der Waals surface area contributed by atoms with E-state index < -0.39 is 24.3 Å². The molecule has 2 atom stereocenters. The third kappa shape index (κ3) is 8.78. The lowest BCUT2D eigenvalue weighted by Crippen LogP contribution is -2.52. The molecule has 2 N–H and O–H groups in total. The monoisotopic (exact) mass is 649 g/mol. The van der Waals surface area contributed by atoms with Crippen LogP contribution in [0.4, 0.5) is 26.3 Å². The van der Waals surface area contributed by atoms with Crippen LogP contribution in [0.2, 0.25) is 0 Å². The van der Waals surface area contributed by atoms with Crippen molar-refractivity contribution in [3.05, 3.63) is 70.4 Å². The quantitative estimate of drug-likeness (QED) is 0.386. The molecule has 1 amide bonds. The first-order valence-electron chi connectivity index (χ1n) is 13.1. The van der Waals surface area contributed by atoms with Gasteiger partial charge in [-0.3, -0.25) is 19.4 Å². The number of nitrogens with zero attached hydrogens (tertiary/aromatic N) is 5. The van der Waals surface area contributed by atoms with Gasteiger partial charge >= 0.3 is 24.3 Å². The predicted molar refractivity (Wildman–Crippen MR) is 144 cm³/mol. The van der Waals surface area contributed by atoms with Crippen LogP contribution < -0.4 is 0 Å². The number of carbonyl (C=O) groups is 3. The number of piperidine rings is 1. The number of rotatable bonds is 5. The minimum absolute atomic E-state index is 0.161. The predicted octanol–water partition coefficient (Wildman–Crippen LogP) is 4.55. The fraction of sp³-hybridized carbons (Fsp3) is 0.444. The highest BCUT2D eigenvalue weighted by Crippen LogP contribution is 2.49. The van der Waals surface area contributed by atoms with Crippen molar-refractivity contribution in [1.82, 2.24) is 24.6 Å². The van der Waals surface area contributed by atoms with E-state index in [0.29, 0.717) is 6.54 Å². The van der Waals surface area contributed by atoms with Crippen molar-refractivity contribution >= 4 is 29.2 Å². The van der Waals surface area contributed by atoms with Crippen LogP contribution in [0, 0.1) is 5.41 Å². The number of carboxylic acid groups (broad SMARTS) is 2. The van der Waals surface area contributed by atoms with Gasteiger partial charge in [-0.15, -0.1) is 11.3 Å². The Morgan fingerprint density at radius 3 is 2.18 bits per heavy atom. The minimum atomic E-state index is -5.08. The van der Waals surface area contributed by atoms with E-state index in [4.69, 9.17) is 19.8 Å². The molecule has 5 heterocycles. The van der Waals surface area contributed by atoms with Gasteiger partial charge in [0, 0.05) is 74.9 Å². The second kappa shape index (κ2) is 14.2. The molecule has 0 aliphatic carbocycles. The Hall–Kier alpha value is -3.99. The van der Waals surface area contributed by atoms with Crippen LogP contribution in [-0.4, -0.2) is 84.6 Å². The molecule has 3 aromatic rings. The number of pyridine rings is 1. The summed E-state index contributed by atoms with van der Waals surface area (Å²) in [7, 11) is 1.99. The Kier molecular flexibility index (Phi) is 11.1. The van der Waals surface area contributed by atoms with Gasteiger partial charge in [0.25, 0.3) is 0 Å². The third-order valence-corrected chi connectivity index (χ3v) is 8.00. The maximum absolute atomic E-state index is 14.0. The Morgan fingerprint density at radius 1 is 1.02 bits per heavy atom. The topological polar surface area (TPSA) is 129 Å². The number of hydrogen-bond acceptors (Lipinski definition) is 7. The van der Waals surface area contributed by atoms with Crippen LogP contribution in [0.5, 0.6) is 0 Å². The molecule has 3 aromatic heterocycles. The molecule has 44 heavy (non-hydrogen) atoms. The highest BCUT2D eigenvalue weighted by atomic mass is 32.1. The van der Waals surface area contributed by atoms with Crippen molar-refractivity contribution in [3.8, 4) is 0 Å². The Bertz CT molecular complexity index is 1380. The van der Waals surface area contributed by atoms with Crippen molar-refractivity contribution in [2.75, 3.05) is 19.6 Å². The zero-order valence-electron chi connectivity index (χ0n) is 23.3. The van der Waals surface area contributed by atoms with E-state index in [1.54, 1.807) is 17.5 Å². The summed E-state index contributed by atoms with van der Waals surface area (Å²) < 4.78 is 65.4. The average molecular weight is 650 g/mol. The third-order valence-electron chi connectivity index (χ3n) is 7.13. The molecule has 0 aromatic carbocycles. The summed E-state index contributed by atoms with van der Waals surface area (Å²) in [5.41, 5.74) is 1.87. The number of alkyl halides is 6. The number of halogens is 6. The normalized spacial score (nSPS) is 20.5. The minimum Gasteiger partial charge on any atom is -0.475 e. The summed E-state index contributed by atoms with van der Waals surface area (Å²) in [4.78, 5) is 41.9. The SMILES string of the molecule is Cn1nccc1[C@@H]1CN(Cc2cccs2)C[C@]12CCCN(Cc1cccnc1)C2=O.O=C(O)C(F)(F)F.O=C(O)C(F)(F)F. The smallest absolute Gasteiger partial charge is 0.475 e. The fourth-order valence-corrected chi connectivity index (χ4v) is 6.04. The summed E-state index contributed by atoms with van der Waals surface area (Å²) >= 11 is 1.79. The number of carbonyl (C=O) groups excluding carboxylic acids is 1. The van der Waals surface area contributed by atoms with Gasteiger partial charge in [-0.2, -0.15) is 31.4 Å². The highest BCUT2D eigenvalue weighted by molar-refractivity contribution is 7.09.